The van der Waals surface area contributed by atoms with E-state index in [2.05, 4.69) is 10.4 Å². The molecule has 0 spiro atoms. The smallest absolute Gasteiger partial charge is 0.257 e. The Balaban J connectivity index is 1.62. The predicted octanol–water partition coefficient (Wildman–Crippen LogP) is 2.84. The first kappa shape index (κ1) is 21.6. The molecule has 1 fully saturated rings. The van der Waals surface area contributed by atoms with Gasteiger partial charge in [0.1, 0.15) is 5.75 Å². The van der Waals surface area contributed by atoms with Gasteiger partial charge in [0.2, 0.25) is 5.91 Å². The molecule has 7 heteroatoms. The highest BCUT2D eigenvalue weighted by Crippen LogP contribution is 2.33. The molecule has 1 saturated heterocycles. The lowest BCUT2D eigenvalue weighted by molar-refractivity contribution is -0.124. The zero-order valence-corrected chi connectivity index (χ0v) is 18.7. The van der Waals surface area contributed by atoms with Crippen molar-refractivity contribution in [1.82, 2.24) is 20.0 Å². The van der Waals surface area contributed by atoms with Crippen LogP contribution < -0.4 is 10.1 Å². The van der Waals surface area contributed by atoms with Crippen LogP contribution in [-0.2, 0) is 18.3 Å². The van der Waals surface area contributed by atoms with E-state index in [-0.39, 0.29) is 17.7 Å². The van der Waals surface area contributed by atoms with Gasteiger partial charge in [-0.25, -0.2) is 0 Å². The summed E-state index contributed by atoms with van der Waals surface area (Å²) < 4.78 is 7.20. The lowest BCUT2D eigenvalue weighted by atomic mass is 9.91. The minimum atomic E-state index is -0.353. The van der Waals surface area contributed by atoms with Crippen molar-refractivity contribution < 1.29 is 14.3 Å². The van der Waals surface area contributed by atoms with Gasteiger partial charge in [0.15, 0.2) is 0 Å². The van der Waals surface area contributed by atoms with Gasteiger partial charge in [0.25, 0.3) is 5.91 Å². The van der Waals surface area contributed by atoms with Crippen LogP contribution >= 0.6 is 0 Å². The summed E-state index contributed by atoms with van der Waals surface area (Å²) in [7, 11) is 3.46. The first-order valence-corrected chi connectivity index (χ1v) is 10.8. The average molecular weight is 433 g/mol. The molecule has 32 heavy (non-hydrogen) atoms. The number of carbonyl (C=O) groups is 2. The predicted molar refractivity (Wildman–Crippen MR) is 122 cm³/mol. The molecule has 1 aliphatic heterocycles. The second kappa shape index (κ2) is 9.26. The summed E-state index contributed by atoms with van der Waals surface area (Å²) in [5.41, 5.74) is 4.33. The Morgan fingerprint density at radius 3 is 2.59 bits per heavy atom. The molecule has 2 amide bonds. The normalized spacial score (nSPS) is 16.4. The van der Waals surface area contributed by atoms with E-state index < -0.39 is 0 Å². The molecule has 7 nitrogen and oxygen atoms in total. The summed E-state index contributed by atoms with van der Waals surface area (Å²) in [5, 5.41) is 7.26. The first-order chi connectivity index (χ1) is 15.5. The third-order valence-electron chi connectivity index (χ3n) is 5.90. The number of aryl methyl sites for hydroxylation is 2. The van der Waals surface area contributed by atoms with Gasteiger partial charge >= 0.3 is 0 Å². The fourth-order valence-electron chi connectivity index (χ4n) is 4.31. The Bertz CT molecular complexity index is 1140. The fourth-order valence-corrected chi connectivity index (χ4v) is 4.31. The maximum atomic E-state index is 13.2. The van der Waals surface area contributed by atoms with Gasteiger partial charge in [-0.2, -0.15) is 5.10 Å². The number of methoxy groups -OCH3 is 1. The lowest BCUT2D eigenvalue weighted by Crippen LogP contribution is -2.37. The molecule has 3 aromatic rings. The van der Waals surface area contributed by atoms with Crippen LogP contribution in [0.1, 0.15) is 21.6 Å². The number of rotatable bonds is 5. The van der Waals surface area contributed by atoms with Crippen LogP contribution in [0, 0.1) is 12.8 Å². The highest BCUT2D eigenvalue weighted by molar-refractivity contribution is 5.95. The summed E-state index contributed by atoms with van der Waals surface area (Å²) >= 11 is 0. The second-order valence-corrected chi connectivity index (χ2v) is 8.10. The number of amides is 2. The van der Waals surface area contributed by atoms with Crippen molar-refractivity contribution in [1.29, 1.82) is 0 Å². The van der Waals surface area contributed by atoms with Crippen LogP contribution in [0.25, 0.3) is 11.1 Å². The number of hydrogen-bond acceptors (Lipinski definition) is 4. The molecule has 1 N–H and O–H groups in total. The van der Waals surface area contributed by atoms with Crippen molar-refractivity contribution in [2.24, 2.45) is 13.0 Å². The van der Waals surface area contributed by atoms with Crippen molar-refractivity contribution in [2.75, 3.05) is 26.7 Å². The quantitative estimate of drug-likeness (QED) is 0.673. The molecular weight excluding hydrogens is 404 g/mol. The first-order valence-electron chi connectivity index (χ1n) is 10.8. The van der Waals surface area contributed by atoms with Crippen LogP contribution in [0.2, 0.25) is 0 Å². The standard InChI is InChI=1S/C25H28N4O3/c1-17-22(16-28(2)27-17)25(31)29-13-12-26-24(30)19(15-29)14-18-8-4-5-9-20(18)21-10-6-7-11-23(21)32-3/h4-11,16,19H,12-15H2,1-3H3,(H,26,30)/t19-/m1/s1. The largest absolute Gasteiger partial charge is 0.496 e. The van der Waals surface area contributed by atoms with Crippen molar-refractivity contribution in [3.8, 4) is 16.9 Å². The summed E-state index contributed by atoms with van der Waals surface area (Å²) in [4.78, 5) is 27.8. The van der Waals surface area contributed by atoms with E-state index in [0.29, 0.717) is 37.3 Å². The molecule has 2 heterocycles. The minimum absolute atomic E-state index is 0.0296. The van der Waals surface area contributed by atoms with Crippen LogP contribution in [0.4, 0.5) is 0 Å². The van der Waals surface area contributed by atoms with Gasteiger partial charge in [-0.3, -0.25) is 14.3 Å². The molecule has 4 rings (SSSR count). The third kappa shape index (κ3) is 4.37. The molecule has 0 radical (unpaired) electrons. The molecule has 1 aromatic heterocycles. The maximum absolute atomic E-state index is 13.2. The molecule has 1 atom stereocenters. The Hall–Kier alpha value is -3.61. The van der Waals surface area contributed by atoms with Crippen LogP contribution in [0.5, 0.6) is 5.75 Å². The zero-order valence-electron chi connectivity index (χ0n) is 18.7. The van der Waals surface area contributed by atoms with Crippen LogP contribution in [-0.4, -0.2) is 53.2 Å². The number of nitrogens with zero attached hydrogens (tertiary/aromatic N) is 3. The Labute approximate surface area is 188 Å². The minimum Gasteiger partial charge on any atom is -0.496 e. The number of carbonyl (C=O) groups excluding carboxylic acids is 2. The van der Waals surface area contributed by atoms with E-state index in [0.717, 1.165) is 22.4 Å². The second-order valence-electron chi connectivity index (χ2n) is 8.10. The van der Waals surface area contributed by atoms with E-state index in [1.54, 1.807) is 29.9 Å². The zero-order chi connectivity index (χ0) is 22.7. The van der Waals surface area contributed by atoms with E-state index >= 15 is 0 Å². The Morgan fingerprint density at radius 2 is 1.88 bits per heavy atom. The highest BCUT2D eigenvalue weighted by atomic mass is 16.5. The fraction of sp³-hybridized carbons (Fsp3) is 0.320. The molecule has 0 saturated carbocycles. The number of ether oxygens (including phenoxy) is 1. The van der Waals surface area contributed by atoms with Gasteiger partial charge < -0.3 is 15.0 Å². The molecule has 0 unspecified atom stereocenters. The topological polar surface area (TPSA) is 76.5 Å². The number of para-hydroxylation sites is 1. The molecule has 0 aliphatic carbocycles. The van der Waals surface area contributed by atoms with E-state index in [1.807, 2.05) is 55.5 Å². The Kier molecular flexibility index (Phi) is 6.25. The van der Waals surface area contributed by atoms with Crippen LogP contribution in [0.15, 0.2) is 54.7 Å². The molecule has 1 aliphatic rings. The van der Waals surface area contributed by atoms with Gasteiger partial charge in [-0.05, 0) is 30.5 Å². The number of benzene rings is 2. The average Bonchev–Trinajstić information content (AvgIpc) is 3.03. The van der Waals surface area contributed by atoms with Crippen LogP contribution in [0.3, 0.4) is 0 Å². The molecule has 166 valence electrons. The molecule has 0 bridgehead atoms. The van der Waals surface area contributed by atoms with Crippen molar-refractivity contribution in [3.05, 3.63) is 71.5 Å². The number of nitrogens with one attached hydrogen (secondary N) is 1. The van der Waals surface area contributed by atoms with Gasteiger partial charge in [-0.15, -0.1) is 0 Å². The highest BCUT2D eigenvalue weighted by Gasteiger charge is 2.30. The van der Waals surface area contributed by atoms with Gasteiger partial charge in [0, 0.05) is 38.4 Å². The van der Waals surface area contributed by atoms with Crippen molar-refractivity contribution in [3.63, 3.8) is 0 Å². The van der Waals surface area contributed by atoms with Crippen molar-refractivity contribution >= 4 is 11.8 Å². The van der Waals surface area contributed by atoms with E-state index in [9.17, 15) is 9.59 Å². The van der Waals surface area contributed by atoms with E-state index in [1.165, 1.54) is 0 Å². The molecular formula is C25H28N4O3. The van der Waals surface area contributed by atoms with Gasteiger partial charge in [-0.1, -0.05) is 42.5 Å². The SMILES string of the molecule is COc1ccccc1-c1ccccc1C[C@@H]1CN(C(=O)c2cn(C)nc2C)CCNC1=O. The summed E-state index contributed by atoms with van der Waals surface area (Å²) in [6.07, 6.45) is 2.26. The lowest BCUT2D eigenvalue weighted by Gasteiger charge is -2.24. The summed E-state index contributed by atoms with van der Waals surface area (Å²) in [6, 6.07) is 15.9. The molecule has 2 aromatic carbocycles. The Morgan fingerprint density at radius 1 is 1.16 bits per heavy atom. The number of hydrogen-bond donors (Lipinski definition) is 1. The van der Waals surface area contributed by atoms with E-state index in [4.69, 9.17) is 4.74 Å². The summed E-state index contributed by atoms with van der Waals surface area (Å²) in [5.74, 6) is 0.316. The van der Waals surface area contributed by atoms with Gasteiger partial charge in [0.05, 0.1) is 24.3 Å². The maximum Gasteiger partial charge on any atom is 0.257 e. The monoisotopic (exact) mass is 432 g/mol. The van der Waals surface area contributed by atoms with Crippen molar-refractivity contribution in [2.45, 2.75) is 13.3 Å². The summed E-state index contributed by atoms with van der Waals surface area (Å²) in [6.45, 7) is 3.10. The third-order valence-corrected chi connectivity index (χ3v) is 5.90. The number of aromatic nitrogens is 2.